The van der Waals surface area contributed by atoms with Gasteiger partial charge in [-0.3, -0.25) is 4.90 Å². The Balaban J connectivity index is 2.20. The zero-order valence-corrected chi connectivity index (χ0v) is 9.56. The number of rotatable bonds is 1. The molecule has 0 unspecified atom stereocenters. The summed E-state index contributed by atoms with van der Waals surface area (Å²) in [5, 5.41) is 0. The fraction of sp³-hybridized carbons (Fsp3) is 0.583. The van der Waals surface area contributed by atoms with Gasteiger partial charge in [0.05, 0.1) is 6.54 Å². The molecule has 1 aromatic rings. The second-order valence-corrected chi connectivity index (χ2v) is 4.32. The van der Waals surface area contributed by atoms with Crippen LogP contribution < -0.4 is 0 Å². The first kappa shape index (κ1) is 10.4. The summed E-state index contributed by atoms with van der Waals surface area (Å²) in [5.74, 6) is 1.19. The van der Waals surface area contributed by atoms with Gasteiger partial charge < -0.3 is 4.57 Å². The van der Waals surface area contributed by atoms with E-state index in [0.29, 0.717) is 6.04 Å². The molecule has 1 aliphatic rings. The third-order valence-corrected chi connectivity index (χ3v) is 2.92. The van der Waals surface area contributed by atoms with Gasteiger partial charge >= 0.3 is 0 Å². The van der Waals surface area contributed by atoms with Crippen LogP contribution in [0.4, 0.5) is 0 Å². The van der Waals surface area contributed by atoms with Gasteiger partial charge in [0.25, 0.3) is 0 Å². The number of allylic oxidation sites excluding steroid dienone is 1. The average Bonchev–Trinajstić information content (AvgIpc) is 2.63. The number of aryl methyl sites for hydroxylation is 1. The maximum absolute atomic E-state index is 4.43. The van der Waals surface area contributed by atoms with Crippen LogP contribution in [0.3, 0.4) is 0 Å². The summed E-state index contributed by atoms with van der Waals surface area (Å²) >= 11 is 0. The zero-order valence-electron chi connectivity index (χ0n) is 9.56. The highest BCUT2D eigenvalue weighted by atomic mass is 15.2. The molecule has 0 aliphatic carbocycles. The lowest BCUT2D eigenvalue weighted by Gasteiger charge is -2.24. The van der Waals surface area contributed by atoms with Crippen molar-refractivity contribution in [2.24, 2.45) is 0 Å². The van der Waals surface area contributed by atoms with Crippen molar-refractivity contribution in [3.05, 3.63) is 30.4 Å². The van der Waals surface area contributed by atoms with E-state index >= 15 is 0 Å². The summed E-state index contributed by atoms with van der Waals surface area (Å²) in [6.45, 7) is 7.51. The number of fused-ring (bicyclic) bond motifs is 1. The predicted octanol–water partition coefficient (Wildman–Crippen LogP) is 2.05. The van der Waals surface area contributed by atoms with Crippen LogP contribution in [0.2, 0.25) is 0 Å². The molecule has 0 saturated carbocycles. The monoisotopic (exact) mass is 205 g/mol. The van der Waals surface area contributed by atoms with Gasteiger partial charge in [-0.05, 0) is 20.3 Å². The molecule has 0 radical (unpaired) electrons. The van der Waals surface area contributed by atoms with Gasteiger partial charge in [0.1, 0.15) is 5.82 Å². The van der Waals surface area contributed by atoms with Crippen LogP contribution in [0.5, 0.6) is 0 Å². The van der Waals surface area contributed by atoms with Crippen molar-refractivity contribution in [3.63, 3.8) is 0 Å². The first-order valence-corrected chi connectivity index (χ1v) is 5.66. The molecule has 0 atom stereocenters. The molecule has 1 aromatic heterocycles. The van der Waals surface area contributed by atoms with E-state index in [0.717, 1.165) is 26.1 Å². The van der Waals surface area contributed by atoms with E-state index in [-0.39, 0.29) is 0 Å². The molecular weight excluding hydrogens is 186 g/mol. The minimum atomic E-state index is 0.568. The highest BCUT2D eigenvalue weighted by Gasteiger charge is 2.12. The number of imidazole rings is 1. The van der Waals surface area contributed by atoms with Crippen molar-refractivity contribution in [3.8, 4) is 0 Å². The Morgan fingerprint density at radius 1 is 1.33 bits per heavy atom. The van der Waals surface area contributed by atoms with Crippen LogP contribution in [-0.2, 0) is 13.1 Å². The fourth-order valence-electron chi connectivity index (χ4n) is 1.88. The van der Waals surface area contributed by atoms with E-state index in [1.165, 1.54) is 5.82 Å². The predicted molar refractivity (Wildman–Crippen MR) is 61.5 cm³/mol. The van der Waals surface area contributed by atoms with Gasteiger partial charge in [0, 0.05) is 31.5 Å². The summed E-state index contributed by atoms with van der Waals surface area (Å²) in [7, 11) is 0. The number of aromatic nitrogens is 2. The van der Waals surface area contributed by atoms with Crippen molar-refractivity contribution >= 4 is 0 Å². The molecule has 0 bridgehead atoms. The SMILES string of the molecule is CC(C)N1C/C=C/CCn2ccnc2C1. The Labute approximate surface area is 91.4 Å². The minimum Gasteiger partial charge on any atom is -0.334 e. The van der Waals surface area contributed by atoms with Gasteiger partial charge in [0.15, 0.2) is 0 Å². The molecule has 3 nitrogen and oxygen atoms in total. The van der Waals surface area contributed by atoms with Crippen LogP contribution in [0, 0.1) is 0 Å². The molecule has 0 amide bonds. The molecule has 0 aromatic carbocycles. The first-order valence-electron chi connectivity index (χ1n) is 5.66. The molecule has 3 heteroatoms. The molecule has 15 heavy (non-hydrogen) atoms. The van der Waals surface area contributed by atoms with Crippen molar-refractivity contribution in [2.45, 2.75) is 39.4 Å². The largest absolute Gasteiger partial charge is 0.334 e. The van der Waals surface area contributed by atoms with Crippen molar-refractivity contribution < 1.29 is 0 Å². The number of nitrogens with zero attached hydrogens (tertiary/aromatic N) is 3. The van der Waals surface area contributed by atoms with E-state index in [1.807, 2.05) is 6.20 Å². The minimum absolute atomic E-state index is 0.568. The third kappa shape index (κ3) is 2.48. The number of hydrogen-bond donors (Lipinski definition) is 0. The second kappa shape index (κ2) is 4.62. The summed E-state index contributed by atoms with van der Waals surface area (Å²) < 4.78 is 2.26. The van der Waals surface area contributed by atoms with Crippen LogP contribution in [-0.4, -0.2) is 27.0 Å². The maximum Gasteiger partial charge on any atom is 0.122 e. The highest BCUT2D eigenvalue weighted by molar-refractivity contribution is 4.97. The molecule has 0 saturated heterocycles. The topological polar surface area (TPSA) is 21.1 Å². The second-order valence-electron chi connectivity index (χ2n) is 4.32. The van der Waals surface area contributed by atoms with E-state index in [2.05, 4.69) is 46.6 Å². The van der Waals surface area contributed by atoms with Crippen LogP contribution >= 0.6 is 0 Å². The Morgan fingerprint density at radius 2 is 2.20 bits per heavy atom. The molecule has 1 aliphatic heterocycles. The Bertz CT molecular complexity index is 338. The smallest absolute Gasteiger partial charge is 0.122 e. The summed E-state index contributed by atoms with van der Waals surface area (Å²) in [5.41, 5.74) is 0. The van der Waals surface area contributed by atoms with Crippen molar-refractivity contribution in [1.29, 1.82) is 0 Å². The third-order valence-electron chi connectivity index (χ3n) is 2.92. The summed E-state index contributed by atoms with van der Waals surface area (Å²) in [4.78, 5) is 6.86. The zero-order chi connectivity index (χ0) is 10.7. The Hall–Kier alpha value is -1.09. The molecule has 0 fully saturated rings. The lowest BCUT2D eigenvalue weighted by Crippen LogP contribution is -2.31. The lowest BCUT2D eigenvalue weighted by atomic mass is 10.3. The maximum atomic E-state index is 4.43. The van der Waals surface area contributed by atoms with E-state index < -0.39 is 0 Å². The van der Waals surface area contributed by atoms with E-state index in [9.17, 15) is 0 Å². The van der Waals surface area contributed by atoms with Crippen LogP contribution in [0.25, 0.3) is 0 Å². The Kier molecular flexibility index (Phi) is 3.21. The quantitative estimate of drug-likeness (QED) is 0.654. The van der Waals surface area contributed by atoms with Gasteiger partial charge in [-0.15, -0.1) is 0 Å². The first-order chi connectivity index (χ1) is 7.27. The lowest BCUT2D eigenvalue weighted by molar-refractivity contribution is 0.229. The van der Waals surface area contributed by atoms with Gasteiger partial charge in [-0.2, -0.15) is 0 Å². The normalized spacial score (nSPS) is 20.5. The van der Waals surface area contributed by atoms with Crippen LogP contribution in [0.15, 0.2) is 24.5 Å². The van der Waals surface area contributed by atoms with Gasteiger partial charge in [-0.1, -0.05) is 12.2 Å². The Morgan fingerprint density at radius 3 is 3.00 bits per heavy atom. The summed E-state index contributed by atoms with van der Waals surface area (Å²) in [6.07, 6.45) is 9.62. The molecule has 2 heterocycles. The van der Waals surface area contributed by atoms with Crippen molar-refractivity contribution in [1.82, 2.24) is 14.5 Å². The fourth-order valence-corrected chi connectivity index (χ4v) is 1.88. The average molecular weight is 205 g/mol. The van der Waals surface area contributed by atoms with E-state index in [1.54, 1.807) is 0 Å². The standard InChI is InChI=1S/C12H19N3/c1-11(2)15-8-5-3-4-7-14-9-6-13-12(14)10-15/h3,5-6,9,11H,4,7-8,10H2,1-2H3/b5-3+. The van der Waals surface area contributed by atoms with Crippen LogP contribution in [0.1, 0.15) is 26.1 Å². The van der Waals surface area contributed by atoms with Gasteiger partial charge in [0.2, 0.25) is 0 Å². The molecule has 0 spiro atoms. The molecule has 82 valence electrons. The molecule has 0 N–H and O–H groups in total. The molecule has 2 rings (SSSR count). The van der Waals surface area contributed by atoms with Crippen molar-refractivity contribution in [2.75, 3.05) is 6.54 Å². The molecular formula is C12H19N3. The van der Waals surface area contributed by atoms with E-state index in [4.69, 9.17) is 0 Å². The number of hydrogen-bond acceptors (Lipinski definition) is 2. The summed E-state index contributed by atoms with van der Waals surface area (Å²) in [6, 6.07) is 0.568. The van der Waals surface area contributed by atoms with Gasteiger partial charge in [-0.25, -0.2) is 4.98 Å². The highest BCUT2D eigenvalue weighted by Crippen LogP contribution is 2.10.